The number of benzene rings is 3. The maximum absolute atomic E-state index is 13.9. The van der Waals surface area contributed by atoms with E-state index < -0.39 is 34.1 Å². The van der Waals surface area contributed by atoms with Crippen LogP contribution in [0.3, 0.4) is 0 Å². The molecule has 5 N–H and O–H groups in total. The molecule has 0 unspecified atom stereocenters. The summed E-state index contributed by atoms with van der Waals surface area (Å²) in [5.41, 5.74) is 8.02. The molecule has 3 aromatic carbocycles. The van der Waals surface area contributed by atoms with Gasteiger partial charge in [-0.15, -0.1) is 0 Å². The molecule has 0 fully saturated rings. The highest BCUT2D eigenvalue weighted by molar-refractivity contribution is 7.89. The average molecular weight is 651 g/mol. The van der Waals surface area contributed by atoms with Gasteiger partial charge < -0.3 is 26.2 Å². The van der Waals surface area contributed by atoms with Crippen LogP contribution in [0.25, 0.3) is 0 Å². The van der Waals surface area contributed by atoms with Gasteiger partial charge in [-0.1, -0.05) is 56.3 Å². The molecule has 0 aliphatic carbocycles. The Morgan fingerprint density at radius 1 is 0.935 bits per heavy atom. The van der Waals surface area contributed by atoms with E-state index in [-0.39, 0.29) is 42.7 Å². The number of carbonyl (C=O) groups is 2. The fourth-order valence-electron chi connectivity index (χ4n) is 5.40. The fourth-order valence-corrected chi connectivity index (χ4v) is 6.86. The average Bonchev–Trinajstić information content (AvgIpc) is 3.04. The Morgan fingerprint density at radius 3 is 2.30 bits per heavy atom. The molecule has 2 aliphatic heterocycles. The van der Waals surface area contributed by atoms with Gasteiger partial charge in [-0.3, -0.25) is 9.59 Å². The third kappa shape index (κ3) is 10.0. The smallest absolute Gasteiger partial charge is 0.243 e. The maximum Gasteiger partial charge on any atom is 0.243 e. The van der Waals surface area contributed by atoms with Crippen LogP contribution in [-0.4, -0.2) is 67.5 Å². The Balaban J connectivity index is 1.64. The molecule has 10 nitrogen and oxygen atoms in total. The van der Waals surface area contributed by atoms with Gasteiger partial charge in [0.25, 0.3) is 0 Å². The Labute approximate surface area is 272 Å². The number of rotatable bonds is 9. The van der Waals surface area contributed by atoms with Gasteiger partial charge >= 0.3 is 0 Å². The van der Waals surface area contributed by atoms with Crippen LogP contribution in [-0.2, 0) is 32.5 Å². The fraction of sp³-hybridized carbons (Fsp3) is 0.429. The van der Waals surface area contributed by atoms with Crippen LogP contribution in [0.5, 0.6) is 5.75 Å². The number of nitrogens with one attached hydrogen (secondary N) is 2. The van der Waals surface area contributed by atoms with Crippen LogP contribution in [0, 0.1) is 5.92 Å². The molecule has 0 saturated carbocycles. The molecule has 2 amide bonds. The van der Waals surface area contributed by atoms with Crippen molar-refractivity contribution in [2.75, 3.05) is 25.4 Å². The largest absolute Gasteiger partial charge is 0.494 e. The number of aliphatic hydroxyl groups excluding tert-OH is 1. The highest BCUT2D eigenvalue weighted by atomic mass is 32.2. The van der Waals surface area contributed by atoms with Crippen LogP contribution >= 0.6 is 0 Å². The predicted octanol–water partition coefficient (Wildman–Crippen LogP) is 3.68. The summed E-state index contributed by atoms with van der Waals surface area (Å²) in [5.74, 6) is -0.169. The summed E-state index contributed by atoms with van der Waals surface area (Å²) >= 11 is 0. The van der Waals surface area contributed by atoms with Crippen molar-refractivity contribution in [3.63, 3.8) is 0 Å². The Hall–Kier alpha value is -3.93. The Morgan fingerprint density at radius 2 is 1.63 bits per heavy atom. The summed E-state index contributed by atoms with van der Waals surface area (Å²) in [6, 6.07) is 21.2. The maximum atomic E-state index is 13.9. The number of sulfonamides is 1. The first-order chi connectivity index (χ1) is 22.0. The number of aliphatic hydroxyl groups is 1. The number of nitrogens with two attached hydrogens (primary N) is 1. The van der Waals surface area contributed by atoms with Gasteiger partial charge in [0.2, 0.25) is 21.8 Å². The number of hydrogen-bond acceptors (Lipinski definition) is 7. The summed E-state index contributed by atoms with van der Waals surface area (Å²) in [6.45, 7) is 4.05. The standard InChI is InChI=1S/C35H46N4O6S/c1-25(2)34-35(42)37-31(23-27-12-16-29(17-13-27)45-22-8-4-7-11-33(41)38-34)32(40)24-39(21-20-26-9-5-3-6-10-26)46(43,44)30-18-14-28(36)15-19-30/h3,5-6,9-10,12-19,25,31-32,34,40H,4,7-8,11,20-24,36H2,1-2H3,(H,37,42)(H,38,41)/t31-,32+,34-/m0/s1. The molecule has 5 rings (SSSR count). The quantitative estimate of drug-likeness (QED) is 0.258. The lowest BCUT2D eigenvalue weighted by Crippen LogP contribution is -2.56. The number of fused-ring (bicyclic) bond motifs is 14. The molecule has 2 heterocycles. The van der Waals surface area contributed by atoms with Crippen LogP contribution in [0.2, 0.25) is 0 Å². The minimum absolute atomic E-state index is 0.0538. The van der Waals surface area contributed by atoms with Gasteiger partial charge in [0.1, 0.15) is 11.8 Å². The minimum Gasteiger partial charge on any atom is -0.494 e. The van der Waals surface area contributed by atoms with Gasteiger partial charge in [-0.05, 0) is 85.5 Å². The monoisotopic (exact) mass is 650 g/mol. The van der Waals surface area contributed by atoms with Crippen molar-refractivity contribution in [2.45, 2.75) is 75.5 Å². The molecule has 0 radical (unpaired) electrons. The number of anilines is 1. The van der Waals surface area contributed by atoms with E-state index in [4.69, 9.17) is 10.5 Å². The van der Waals surface area contributed by atoms with Gasteiger partial charge in [0, 0.05) is 25.2 Å². The Kier molecular flexibility index (Phi) is 12.6. The molecule has 0 aromatic heterocycles. The van der Waals surface area contributed by atoms with Crippen LogP contribution in [0.15, 0.2) is 83.8 Å². The molecular formula is C35H46N4O6S. The number of nitrogen functional groups attached to an aromatic ring is 1. The van der Waals surface area contributed by atoms with Crippen molar-refractivity contribution >= 4 is 27.5 Å². The molecule has 11 heteroatoms. The molecule has 2 aliphatic rings. The van der Waals surface area contributed by atoms with Crippen molar-refractivity contribution in [1.82, 2.24) is 14.9 Å². The summed E-state index contributed by atoms with van der Waals surface area (Å²) in [4.78, 5) is 26.5. The van der Waals surface area contributed by atoms with E-state index >= 15 is 0 Å². The lowest BCUT2D eigenvalue weighted by atomic mass is 9.98. The third-order valence-electron chi connectivity index (χ3n) is 8.15. The second-order valence-corrected chi connectivity index (χ2v) is 14.1. The van der Waals surface area contributed by atoms with E-state index in [0.29, 0.717) is 30.9 Å². The zero-order valence-corrected chi connectivity index (χ0v) is 27.4. The van der Waals surface area contributed by atoms with Crippen molar-refractivity contribution in [3.05, 3.63) is 90.0 Å². The number of amides is 2. The van der Waals surface area contributed by atoms with Gasteiger partial charge in [0.05, 0.1) is 23.6 Å². The Bertz CT molecular complexity index is 1510. The topological polar surface area (TPSA) is 151 Å². The SMILES string of the molecule is CC(C)[C@@H]1NC(=O)CCCCCOc2ccc(cc2)C[C@@H]([C@H](O)CN(CCc2ccccc2)S(=O)(=O)c2ccc(N)cc2)NC1=O. The van der Waals surface area contributed by atoms with Gasteiger partial charge in [0.15, 0.2) is 0 Å². The van der Waals surface area contributed by atoms with Crippen LogP contribution in [0.4, 0.5) is 5.69 Å². The number of ether oxygens (including phenoxy) is 1. The first-order valence-corrected chi connectivity index (χ1v) is 17.4. The second kappa shape index (κ2) is 16.6. The van der Waals surface area contributed by atoms with Crippen LogP contribution < -0.4 is 21.1 Å². The number of carbonyl (C=O) groups excluding carboxylic acids is 2. The second-order valence-electron chi connectivity index (χ2n) is 12.1. The summed E-state index contributed by atoms with van der Waals surface area (Å²) < 4.78 is 34.9. The third-order valence-corrected chi connectivity index (χ3v) is 10.0. The van der Waals surface area contributed by atoms with Gasteiger partial charge in [-0.2, -0.15) is 4.31 Å². The van der Waals surface area contributed by atoms with Crippen molar-refractivity contribution in [1.29, 1.82) is 0 Å². The molecule has 0 saturated heterocycles. The van der Waals surface area contributed by atoms with E-state index in [1.165, 1.54) is 28.6 Å². The highest BCUT2D eigenvalue weighted by Crippen LogP contribution is 2.21. The van der Waals surface area contributed by atoms with E-state index in [9.17, 15) is 23.1 Å². The minimum atomic E-state index is -4.04. The molecule has 0 spiro atoms. The molecule has 3 aromatic rings. The lowest BCUT2D eigenvalue weighted by Gasteiger charge is -2.31. The molecule has 3 atom stereocenters. The lowest BCUT2D eigenvalue weighted by molar-refractivity contribution is -0.131. The van der Waals surface area contributed by atoms with E-state index in [1.807, 2.05) is 68.4 Å². The molecule has 46 heavy (non-hydrogen) atoms. The van der Waals surface area contributed by atoms with E-state index in [0.717, 1.165) is 24.0 Å². The van der Waals surface area contributed by atoms with Gasteiger partial charge in [-0.25, -0.2) is 8.42 Å². The predicted molar refractivity (Wildman–Crippen MR) is 179 cm³/mol. The van der Waals surface area contributed by atoms with E-state index in [1.54, 1.807) is 0 Å². The summed E-state index contributed by atoms with van der Waals surface area (Å²) in [6.07, 6.45) is 1.93. The van der Waals surface area contributed by atoms with Crippen molar-refractivity contribution < 1.29 is 27.9 Å². The van der Waals surface area contributed by atoms with Crippen LogP contribution in [0.1, 0.15) is 50.7 Å². The number of hydrogen-bond donors (Lipinski definition) is 4. The summed E-state index contributed by atoms with van der Waals surface area (Å²) in [5, 5.41) is 17.5. The van der Waals surface area contributed by atoms with Crippen molar-refractivity contribution in [2.24, 2.45) is 5.92 Å². The molecule has 248 valence electrons. The highest BCUT2D eigenvalue weighted by Gasteiger charge is 2.33. The first-order valence-electron chi connectivity index (χ1n) is 15.9. The molecular weight excluding hydrogens is 604 g/mol. The normalized spacial score (nSPS) is 19.2. The zero-order valence-electron chi connectivity index (χ0n) is 26.6. The summed E-state index contributed by atoms with van der Waals surface area (Å²) in [7, 11) is -4.04. The molecule has 2 bridgehead atoms. The zero-order chi connectivity index (χ0) is 33.1. The number of nitrogens with zero attached hydrogens (tertiary/aromatic N) is 1. The van der Waals surface area contributed by atoms with E-state index in [2.05, 4.69) is 10.6 Å². The first kappa shape index (κ1) is 34.9. The van der Waals surface area contributed by atoms with Crippen molar-refractivity contribution in [3.8, 4) is 5.75 Å².